The fourth-order valence-electron chi connectivity index (χ4n) is 4.86. The highest BCUT2D eigenvalue weighted by atomic mass is 19.3. The highest BCUT2D eigenvalue weighted by Crippen LogP contribution is 2.50. The van der Waals surface area contributed by atoms with Crippen LogP contribution in [0.1, 0.15) is 52.4 Å². The molecule has 1 amide bonds. The average Bonchev–Trinajstić information content (AvgIpc) is 3.41. The number of fused-ring (bicyclic) bond motifs is 1. The standard InChI is InChI=1S/C19H29F2NO3/c1-11-5-12(2)22(18(23)25-9-15-8-19(15,20)21)17(11)10-24-16-4-3-13-6-14(13)7-16/h11-17H,3-10H2,1-2H3. The molecule has 4 fully saturated rings. The van der Waals surface area contributed by atoms with Gasteiger partial charge in [-0.2, -0.15) is 0 Å². The third-order valence-electron chi connectivity index (χ3n) is 6.77. The van der Waals surface area contributed by atoms with Crippen LogP contribution in [0, 0.1) is 23.7 Å². The molecule has 0 N–H and O–H groups in total. The Bertz CT molecular complexity index is 529. The van der Waals surface area contributed by atoms with Gasteiger partial charge < -0.3 is 9.47 Å². The number of alkyl halides is 2. The molecule has 3 aliphatic carbocycles. The van der Waals surface area contributed by atoms with E-state index >= 15 is 0 Å². The zero-order chi connectivity index (χ0) is 17.8. The number of carbonyl (C=O) groups excluding carboxylic acids is 1. The molecule has 4 rings (SSSR count). The van der Waals surface area contributed by atoms with Gasteiger partial charge in [0.2, 0.25) is 0 Å². The molecule has 4 aliphatic rings. The van der Waals surface area contributed by atoms with Crippen molar-refractivity contribution in [1.82, 2.24) is 4.90 Å². The van der Waals surface area contributed by atoms with Gasteiger partial charge in [-0.25, -0.2) is 13.6 Å². The first-order chi connectivity index (χ1) is 11.8. The summed E-state index contributed by atoms with van der Waals surface area (Å²) < 4.78 is 37.3. The Hall–Kier alpha value is -0.910. The van der Waals surface area contributed by atoms with Gasteiger partial charge in [0.05, 0.1) is 24.7 Å². The van der Waals surface area contributed by atoms with Gasteiger partial charge in [-0.15, -0.1) is 0 Å². The first-order valence-electron chi connectivity index (χ1n) is 9.79. The van der Waals surface area contributed by atoms with E-state index in [0.717, 1.165) is 31.1 Å². The van der Waals surface area contributed by atoms with Crippen molar-refractivity contribution in [2.45, 2.75) is 76.5 Å². The van der Waals surface area contributed by atoms with Crippen LogP contribution in [0.5, 0.6) is 0 Å². The van der Waals surface area contributed by atoms with Crippen molar-refractivity contribution in [2.75, 3.05) is 13.2 Å². The number of hydrogen-bond donors (Lipinski definition) is 0. The quantitative estimate of drug-likeness (QED) is 0.744. The van der Waals surface area contributed by atoms with E-state index in [4.69, 9.17) is 9.47 Å². The molecule has 0 aromatic heterocycles. The molecule has 7 unspecified atom stereocenters. The van der Waals surface area contributed by atoms with Gasteiger partial charge in [0.25, 0.3) is 5.92 Å². The molecular weight excluding hydrogens is 328 g/mol. The summed E-state index contributed by atoms with van der Waals surface area (Å²) in [6.45, 7) is 4.48. The topological polar surface area (TPSA) is 38.8 Å². The minimum Gasteiger partial charge on any atom is -0.449 e. The van der Waals surface area contributed by atoms with Gasteiger partial charge in [0.1, 0.15) is 6.61 Å². The summed E-state index contributed by atoms with van der Waals surface area (Å²) in [4.78, 5) is 14.2. The number of hydrogen-bond acceptors (Lipinski definition) is 3. The molecule has 6 heteroatoms. The van der Waals surface area contributed by atoms with Crippen molar-refractivity contribution in [3.05, 3.63) is 0 Å². The van der Waals surface area contributed by atoms with Gasteiger partial charge >= 0.3 is 6.09 Å². The predicted molar refractivity (Wildman–Crippen MR) is 88.5 cm³/mol. The third-order valence-corrected chi connectivity index (χ3v) is 6.77. The number of rotatable bonds is 5. The Kier molecular flexibility index (Phi) is 4.45. The molecule has 0 bridgehead atoms. The van der Waals surface area contributed by atoms with Crippen LogP contribution in [0.15, 0.2) is 0 Å². The molecular formula is C19H29F2NO3. The van der Waals surface area contributed by atoms with E-state index in [9.17, 15) is 13.6 Å². The maximum absolute atomic E-state index is 13.0. The maximum atomic E-state index is 13.0. The second-order valence-electron chi connectivity index (χ2n) is 8.80. The molecule has 1 saturated heterocycles. The van der Waals surface area contributed by atoms with Crippen LogP contribution in [-0.4, -0.2) is 48.3 Å². The lowest BCUT2D eigenvalue weighted by atomic mass is 9.97. The van der Waals surface area contributed by atoms with Crippen LogP contribution in [0.2, 0.25) is 0 Å². The number of ether oxygens (including phenoxy) is 2. The SMILES string of the molecule is CC1CC(C)N(C(=O)OCC2CC2(F)F)C1COC1CCC2CC2C1. The smallest absolute Gasteiger partial charge is 0.410 e. The molecule has 1 heterocycles. The van der Waals surface area contributed by atoms with Crippen LogP contribution in [0.3, 0.4) is 0 Å². The van der Waals surface area contributed by atoms with Gasteiger partial charge in [-0.3, -0.25) is 4.90 Å². The Labute approximate surface area is 148 Å². The number of nitrogens with zero attached hydrogens (tertiary/aromatic N) is 1. The number of halogens is 2. The Morgan fingerprint density at radius 3 is 2.56 bits per heavy atom. The third kappa shape index (κ3) is 3.64. The minimum atomic E-state index is -2.64. The monoisotopic (exact) mass is 357 g/mol. The molecule has 1 aliphatic heterocycles. The van der Waals surface area contributed by atoms with Crippen molar-refractivity contribution < 1.29 is 23.0 Å². The second kappa shape index (κ2) is 6.36. The minimum absolute atomic E-state index is 0.0147. The van der Waals surface area contributed by atoms with Crippen molar-refractivity contribution in [3.63, 3.8) is 0 Å². The van der Waals surface area contributed by atoms with E-state index in [2.05, 4.69) is 6.92 Å². The summed E-state index contributed by atoms with van der Waals surface area (Å²) in [5.74, 6) is -1.30. The first-order valence-corrected chi connectivity index (χ1v) is 9.79. The van der Waals surface area contributed by atoms with Crippen LogP contribution < -0.4 is 0 Å². The highest BCUT2D eigenvalue weighted by Gasteiger charge is 2.57. The maximum Gasteiger partial charge on any atom is 0.410 e. The average molecular weight is 357 g/mol. The van der Waals surface area contributed by atoms with E-state index in [1.54, 1.807) is 4.90 Å². The lowest BCUT2D eigenvalue weighted by Gasteiger charge is -2.31. The summed E-state index contributed by atoms with van der Waals surface area (Å²) in [5.41, 5.74) is 0. The largest absolute Gasteiger partial charge is 0.449 e. The van der Waals surface area contributed by atoms with Crippen molar-refractivity contribution in [1.29, 1.82) is 0 Å². The lowest BCUT2D eigenvalue weighted by molar-refractivity contribution is -0.0145. The number of amides is 1. The Balaban J connectivity index is 1.29. The summed E-state index contributed by atoms with van der Waals surface area (Å²) in [6, 6.07) is 0.0501. The van der Waals surface area contributed by atoms with Crippen LogP contribution >= 0.6 is 0 Å². The molecule has 142 valence electrons. The summed E-state index contributed by atoms with van der Waals surface area (Å²) in [6.07, 6.45) is 5.50. The predicted octanol–water partition coefficient (Wildman–Crippen LogP) is 4.08. The fraction of sp³-hybridized carbons (Fsp3) is 0.947. The van der Waals surface area contributed by atoms with E-state index in [-0.39, 0.29) is 25.1 Å². The van der Waals surface area contributed by atoms with Gasteiger partial charge in [-0.1, -0.05) is 6.92 Å². The summed E-state index contributed by atoms with van der Waals surface area (Å²) in [5, 5.41) is 0. The molecule has 3 saturated carbocycles. The molecule has 0 aromatic carbocycles. The Morgan fingerprint density at radius 2 is 1.88 bits per heavy atom. The number of carbonyl (C=O) groups is 1. The normalized spacial score (nSPS) is 44.3. The number of likely N-dealkylation sites (tertiary alicyclic amines) is 1. The highest BCUT2D eigenvalue weighted by molar-refractivity contribution is 5.69. The Morgan fingerprint density at radius 1 is 1.12 bits per heavy atom. The zero-order valence-electron chi connectivity index (χ0n) is 15.1. The van der Waals surface area contributed by atoms with Gasteiger partial charge in [0.15, 0.2) is 0 Å². The molecule has 0 radical (unpaired) electrons. The van der Waals surface area contributed by atoms with Gasteiger partial charge in [-0.05, 0) is 56.8 Å². The first kappa shape index (κ1) is 17.5. The summed E-state index contributed by atoms with van der Waals surface area (Å²) in [7, 11) is 0. The molecule has 4 nitrogen and oxygen atoms in total. The van der Waals surface area contributed by atoms with E-state index in [1.165, 1.54) is 12.8 Å². The van der Waals surface area contributed by atoms with E-state index in [0.29, 0.717) is 18.6 Å². The van der Waals surface area contributed by atoms with Crippen LogP contribution in [-0.2, 0) is 9.47 Å². The molecule has 0 spiro atoms. The molecule has 7 atom stereocenters. The van der Waals surface area contributed by atoms with E-state index < -0.39 is 17.9 Å². The van der Waals surface area contributed by atoms with E-state index in [1.807, 2.05) is 6.92 Å². The van der Waals surface area contributed by atoms with Crippen molar-refractivity contribution >= 4 is 6.09 Å². The van der Waals surface area contributed by atoms with Crippen LogP contribution in [0.4, 0.5) is 13.6 Å². The lowest BCUT2D eigenvalue weighted by Crippen LogP contribution is -2.44. The summed E-state index contributed by atoms with van der Waals surface area (Å²) >= 11 is 0. The second-order valence-corrected chi connectivity index (χ2v) is 8.80. The van der Waals surface area contributed by atoms with Crippen LogP contribution in [0.25, 0.3) is 0 Å². The molecule has 25 heavy (non-hydrogen) atoms. The van der Waals surface area contributed by atoms with Gasteiger partial charge in [0, 0.05) is 12.5 Å². The van der Waals surface area contributed by atoms with Crippen molar-refractivity contribution in [3.8, 4) is 0 Å². The molecule has 0 aromatic rings. The fourth-order valence-corrected chi connectivity index (χ4v) is 4.86. The zero-order valence-corrected chi connectivity index (χ0v) is 15.1. The van der Waals surface area contributed by atoms with Crippen molar-refractivity contribution in [2.24, 2.45) is 23.7 Å².